The second-order valence-electron chi connectivity index (χ2n) is 7.52. The van der Waals surface area contributed by atoms with E-state index in [2.05, 4.69) is 5.32 Å². The Kier molecular flexibility index (Phi) is 9.66. The van der Waals surface area contributed by atoms with Gasteiger partial charge in [0.1, 0.15) is 11.8 Å². The van der Waals surface area contributed by atoms with Crippen molar-refractivity contribution in [1.82, 2.24) is 10.2 Å². The van der Waals surface area contributed by atoms with Crippen molar-refractivity contribution in [3.63, 3.8) is 0 Å². The van der Waals surface area contributed by atoms with Gasteiger partial charge in [-0.15, -0.1) is 0 Å². The van der Waals surface area contributed by atoms with E-state index in [1.165, 1.54) is 0 Å². The number of carbonyl (C=O) groups excluding carboxylic acids is 2. The molecule has 31 heavy (non-hydrogen) atoms. The SMILES string of the molecule is CCCNC(=O)[C@@H](CC)N(Cc1ccc(Cl)c(Cl)c1)C(=O)COc1ccc(C)c(C)c1. The Hall–Kier alpha value is -2.24. The summed E-state index contributed by atoms with van der Waals surface area (Å²) < 4.78 is 5.75. The van der Waals surface area contributed by atoms with Gasteiger partial charge >= 0.3 is 0 Å². The van der Waals surface area contributed by atoms with E-state index in [9.17, 15) is 9.59 Å². The van der Waals surface area contributed by atoms with E-state index < -0.39 is 6.04 Å². The molecule has 0 bridgehead atoms. The molecule has 1 atom stereocenters. The Morgan fingerprint density at radius 3 is 2.39 bits per heavy atom. The quantitative estimate of drug-likeness (QED) is 0.517. The van der Waals surface area contributed by atoms with Gasteiger partial charge in [0.05, 0.1) is 10.0 Å². The predicted molar refractivity (Wildman–Crippen MR) is 126 cm³/mol. The third-order valence-electron chi connectivity index (χ3n) is 5.11. The molecule has 0 aliphatic carbocycles. The van der Waals surface area contributed by atoms with E-state index in [1.807, 2.05) is 45.9 Å². The van der Waals surface area contributed by atoms with Gasteiger partial charge in [-0.25, -0.2) is 0 Å². The van der Waals surface area contributed by atoms with Crippen LogP contribution in [0.1, 0.15) is 43.4 Å². The first-order chi connectivity index (χ1) is 14.8. The summed E-state index contributed by atoms with van der Waals surface area (Å²) in [5.74, 6) is 0.168. The fourth-order valence-electron chi connectivity index (χ4n) is 3.15. The van der Waals surface area contributed by atoms with Crippen LogP contribution < -0.4 is 10.1 Å². The van der Waals surface area contributed by atoms with Crippen LogP contribution in [0.25, 0.3) is 0 Å². The van der Waals surface area contributed by atoms with Crippen LogP contribution in [0.15, 0.2) is 36.4 Å². The number of hydrogen-bond acceptors (Lipinski definition) is 3. The van der Waals surface area contributed by atoms with Crippen LogP contribution >= 0.6 is 23.2 Å². The van der Waals surface area contributed by atoms with Crippen LogP contribution in [-0.4, -0.2) is 35.9 Å². The van der Waals surface area contributed by atoms with Crippen molar-refractivity contribution < 1.29 is 14.3 Å². The van der Waals surface area contributed by atoms with E-state index in [4.69, 9.17) is 27.9 Å². The van der Waals surface area contributed by atoms with Crippen molar-refractivity contribution in [2.75, 3.05) is 13.2 Å². The molecule has 0 saturated carbocycles. The van der Waals surface area contributed by atoms with Crippen molar-refractivity contribution in [3.8, 4) is 5.75 Å². The first-order valence-corrected chi connectivity index (χ1v) is 11.2. The first kappa shape index (κ1) is 25.0. The molecule has 0 aliphatic heterocycles. The summed E-state index contributed by atoms with van der Waals surface area (Å²) in [6, 6.07) is 10.3. The number of halogens is 2. The predicted octanol–water partition coefficient (Wildman–Crippen LogP) is 5.32. The minimum absolute atomic E-state index is 0.165. The molecule has 0 fully saturated rings. The van der Waals surface area contributed by atoms with E-state index in [0.29, 0.717) is 28.8 Å². The molecule has 168 valence electrons. The number of aryl methyl sites for hydroxylation is 2. The molecule has 0 spiro atoms. The molecule has 7 heteroatoms. The third-order valence-corrected chi connectivity index (χ3v) is 5.85. The normalized spacial score (nSPS) is 11.7. The van der Waals surface area contributed by atoms with Crippen molar-refractivity contribution >= 4 is 35.0 Å². The number of nitrogens with one attached hydrogen (secondary N) is 1. The van der Waals surface area contributed by atoms with Gasteiger partial charge in [-0.2, -0.15) is 0 Å². The van der Waals surface area contributed by atoms with E-state index >= 15 is 0 Å². The van der Waals surface area contributed by atoms with Crippen molar-refractivity contribution in [2.24, 2.45) is 0 Å². The van der Waals surface area contributed by atoms with Gasteiger partial charge in [-0.1, -0.05) is 49.2 Å². The molecule has 5 nitrogen and oxygen atoms in total. The Morgan fingerprint density at radius 2 is 1.77 bits per heavy atom. The highest BCUT2D eigenvalue weighted by Crippen LogP contribution is 2.24. The molecule has 2 aromatic carbocycles. The lowest BCUT2D eigenvalue weighted by atomic mass is 10.1. The van der Waals surface area contributed by atoms with Gasteiger partial charge in [-0.3, -0.25) is 9.59 Å². The Labute approximate surface area is 194 Å². The Morgan fingerprint density at radius 1 is 1.03 bits per heavy atom. The highest BCUT2D eigenvalue weighted by molar-refractivity contribution is 6.42. The van der Waals surface area contributed by atoms with E-state index in [1.54, 1.807) is 23.1 Å². The molecular formula is C24H30Cl2N2O3. The lowest BCUT2D eigenvalue weighted by Gasteiger charge is -2.30. The van der Waals surface area contributed by atoms with Gasteiger partial charge < -0.3 is 15.0 Å². The van der Waals surface area contributed by atoms with Gasteiger partial charge in [0.2, 0.25) is 5.91 Å². The topological polar surface area (TPSA) is 58.6 Å². The van der Waals surface area contributed by atoms with Crippen molar-refractivity contribution in [1.29, 1.82) is 0 Å². The van der Waals surface area contributed by atoms with Gasteiger partial charge in [0.25, 0.3) is 5.91 Å². The lowest BCUT2D eigenvalue weighted by Crippen LogP contribution is -2.50. The number of hydrogen-bond donors (Lipinski definition) is 1. The zero-order valence-corrected chi connectivity index (χ0v) is 20.0. The van der Waals surface area contributed by atoms with Crippen LogP contribution in [0.5, 0.6) is 5.75 Å². The molecule has 2 aromatic rings. The van der Waals surface area contributed by atoms with E-state index in [0.717, 1.165) is 23.1 Å². The average Bonchev–Trinajstić information content (AvgIpc) is 2.75. The third kappa shape index (κ3) is 7.15. The number of rotatable bonds is 10. The van der Waals surface area contributed by atoms with Crippen LogP contribution in [-0.2, 0) is 16.1 Å². The average molecular weight is 465 g/mol. The summed E-state index contributed by atoms with van der Waals surface area (Å²) in [4.78, 5) is 27.5. The minimum atomic E-state index is -0.614. The molecule has 0 aliphatic rings. The second-order valence-corrected chi connectivity index (χ2v) is 8.33. The monoisotopic (exact) mass is 464 g/mol. The van der Waals surface area contributed by atoms with Crippen molar-refractivity contribution in [2.45, 2.75) is 53.1 Å². The molecule has 0 aromatic heterocycles. The minimum Gasteiger partial charge on any atom is -0.484 e. The van der Waals surface area contributed by atoms with Crippen LogP contribution in [0, 0.1) is 13.8 Å². The van der Waals surface area contributed by atoms with Gasteiger partial charge in [-0.05, 0) is 67.6 Å². The molecule has 2 rings (SSSR count). The smallest absolute Gasteiger partial charge is 0.261 e. The number of ether oxygens (including phenoxy) is 1. The number of carbonyl (C=O) groups is 2. The summed E-state index contributed by atoms with van der Waals surface area (Å²) >= 11 is 12.2. The molecule has 1 N–H and O–H groups in total. The largest absolute Gasteiger partial charge is 0.484 e. The number of nitrogens with zero attached hydrogens (tertiary/aromatic N) is 1. The summed E-state index contributed by atoms with van der Waals surface area (Å²) in [5.41, 5.74) is 3.03. The standard InChI is InChI=1S/C24H30Cl2N2O3/c1-5-11-27-24(30)22(6-2)28(14-18-8-10-20(25)21(26)13-18)23(29)15-31-19-9-7-16(3)17(4)12-19/h7-10,12-13,22H,5-6,11,14-15H2,1-4H3,(H,27,30)/t22-/m1/s1. The van der Waals surface area contributed by atoms with Crippen LogP contribution in [0.2, 0.25) is 10.0 Å². The first-order valence-electron chi connectivity index (χ1n) is 10.5. The zero-order chi connectivity index (χ0) is 23.0. The molecule has 0 heterocycles. The second kappa shape index (κ2) is 12.0. The molecule has 2 amide bonds. The summed E-state index contributed by atoms with van der Waals surface area (Å²) in [5, 5.41) is 3.73. The fourth-order valence-corrected chi connectivity index (χ4v) is 3.47. The zero-order valence-electron chi connectivity index (χ0n) is 18.5. The lowest BCUT2D eigenvalue weighted by molar-refractivity contribution is -0.143. The molecule has 0 saturated heterocycles. The highest BCUT2D eigenvalue weighted by Gasteiger charge is 2.29. The maximum Gasteiger partial charge on any atom is 0.261 e. The summed E-state index contributed by atoms with van der Waals surface area (Å²) in [7, 11) is 0. The highest BCUT2D eigenvalue weighted by atomic mass is 35.5. The molecule has 0 radical (unpaired) electrons. The van der Waals surface area contributed by atoms with Crippen LogP contribution in [0.3, 0.4) is 0 Å². The molecular weight excluding hydrogens is 435 g/mol. The van der Waals surface area contributed by atoms with Gasteiger partial charge in [0.15, 0.2) is 6.61 Å². The summed E-state index contributed by atoms with van der Waals surface area (Å²) in [6.45, 7) is 8.50. The maximum absolute atomic E-state index is 13.2. The van der Waals surface area contributed by atoms with Crippen molar-refractivity contribution in [3.05, 3.63) is 63.1 Å². The van der Waals surface area contributed by atoms with E-state index in [-0.39, 0.29) is 25.0 Å². The molecule has 0 unspecified atom stereocenters. The number of amides is 2. The maximum atomic E-state index is 13.2. The number of benzene rings is 2. The Bertz CT molecular complexity index is 918. The fraction of sp³-hybridized carbons (Fsp3) is 0.417. The summed E-state index contributed by atoms with van der Waals surface area (Å²) in [6.07, 6.45) is 1.30. The van der Waals surface area contributed by atoms with Crippen LogP contribution in [0.4, 0.5) is 0 Å². The Balaban J connectivity index is 2.23. The van der Waals surface area contributed by atoms with Gasteiger partial charge in [0, 0.05) is 13.1 Å².